The van der Waals surface area contributed by atoms with Crippen molar-refractivity contribution in [1.29, 1.82) is 5.26 Å². The predicted octanol–water partition coefficient (Wildman–Crippen LogP) is 6.02. The van der Waals surface area contributed by atoms with Crippen molar-refractivity contribution in [2.45, 2.75) is 6.92 Å². The Balaban J connectivity index is 1.85. The second-order valence-corrected chi connectivity index (χ2v) is 7.05. The Morgan fingerprint density at radius 1 is 1.20 bits per heavy atom. The lowest BCUT2D eigenvalue weighted by Gasteiger charge is -2.06. The molecule has 0 radical (unpaired) electrons. The number of nitrogens with one attached hydrogen (secondary N) is 1. The van der Waals surface area contributed by atoms with Gasteiger partial charge in [-0.25, -0.2) is 0 Å². The third-order valence-corrected chi connectivity index (χ3v) is 4.71. The number of carbonyl (C=O) groups is 1. The molecule has 0 fully saturated rings. The Labute approximate surface area is 181 Å². The van der Waals surface area contributed by atoms with Crippen LogP contribution in [0.4, 0.5) is 11.4 Å². The summed E-state index contributed by atoms with van der Waals surface area (Å²) in [6.07, 6.45) is 1.29. The van der Waals surface area contributed by atoms with Crippen LogP contribution in [0.5, 0.6) is 0 Å². The van der Waals surface area contributed by atoms with E-state index in [1.807, 2.05) is 6.07 Å². The van der Waals surface area contributed by atoms with Gasteiger partial charge in [-0.1, -0.05) is 23.2 Å². The number of anilines is 1. The first-order chi connectivity index (χ1) is 14.3. The van der Waals surface area contributed by atoms with Crippen molar-refractivity contribution in [3.63, 3.8) is 0 Å². The van der Waals surface area contributed by atoms with Crippen LogP contribution in [0.1, 0.15) is 11.3 Å². The molecule has 1 amide bonds. The third-order valence-electron chi connectivity index (χ3n) is 4.14. The predicted molar refractivity (Wildman–Crippen MR) is 114 cm³/mol. The standard InChI is InChI=1S/C21H13Cl2N3O4/c1-12-8-15(26(28)29)3-5-17(12)20-7-4-16(30-20)9-13(11-24)21(27)25-19-10-14(22)2-6-18(19)23/h2-10H,1H3,(H,25,27)/b13-9-. The molecule has 0 atom stereocenters. The van der Waals surface area contributed by atoms with Crippen molar-refractivity contribution in [3.05, 3.63) is 85.6 Å². The van der Waals surface area contributed by atoms with Gasteiger partial charge in [-0.05, 0) is 48.9 Å². The quantitative estimate of drug-likeness (QED) is 0.225. The van der Waals surface area contributed by atoms with Gasteiger partial charge < -0.3 is 9.73 Å². The molecule has 150 valence electrons. The van der Waals surface area contributed by atoms with Gasteiger partial charge in [0.2, 0.25) is 0 Å². The lowest BCUT2D eigenvalue weighted by Crippen LogP contribution is -2.13. The van der Waals surface area contributed by atoms with Crippen molar-refractivity contribution in [2.24, 2.45) is 0 Å². The van der Waals surface area contributed by atoms with E-state index >= 15 is 0 Å². The summed E-state index contributed by atoms with van der Waals surface area (Å²) in [4.78, 5) is 22.8. The van der Waals surface area contributed by atoms with Gasteiger partial charge in [0.15, 0.2) is 0 Å². The van der Waals surface area contributed by atoms with Gasteiger partial charge in [0.05, 0.1) is 15.6 Å². The Bertz CT molecular complexity index is 1230. The number of nitro groups is 1. The summed E-state index contributed by atoms with van der Waals surface area (Å²) in [5.74, 6) is 0.0435. The SMILES string of the molecule is Cc1cc([N+](=O)[O-])ccc1-c1ccc(/C=C(/C#N)C(=O)Nc2cc(Cl)ccc2Cl)o1. The zero-order chi connectivity index (χ0) is 21.8. The second kappa shape index (κ2) is 8.82. The highest BCUT2D eigenvalue weighted by Gasteiger charge is 2.15. The molecule has 1 heterocycles. The molecule has 7 nitrogen and oxygen atoms in total. The maximum absolute atomic E-state index is 12.4. The number of benzene rings is 2. The molecule has 0 bridgehead atoms. The first kappa shape index (κ1) is 21.1. The van der Waals surface area contributed by atoms with Crippen LogP contribution in [0, 0.1) is 28.4 Å². The fourth-order valence-electron chi connectivity index (χ4n) is 2.69. The summed E-state index contributed by atoms with van der Waals surface area (Å²) in [5.41, 5.74) is 1.37. The van der Waals surface area contributed by atoms with Crippen molar-refractivity contribution in [3.8, 4) is 17.4 Å². The van der Waals surface area contributed by atoms with Gasteiger partial charge in [-0.2, -0.15) is 5.26 Å². The average Bonchev–Trinajstić information content (AvgIpc) is 3.17. The van der Waals surface area contributed by atoms with E-state index in [4.69, 9.17) is 27.6 Å². The summed E-state index contributed by atoms with van der Waals surface area (Å²) in [5, 5.41) is 23.4. The topological polar surface area (TPSA) is 109 Å². The van der Waals surface area contributed by atoms with Crippen LogP contribution >= 0.6 is 23.2 Å². The van der Waals surface area contributed by atoms with E-state index in [1.54, 1.807) is 31.2 Å². The normalized spacial score (nSPS) is 11.1. The first-order valence-electron chi connectivity index (χ1n) is 8.52. The summed E-state index contributed by atoms with van der Waals surface area (Å²) in [6.45, 7) is 1.73. The monoisotopic (exact) mass is 441 g/mol. The average molecular weight is 442 g/mol. The molecule has 0 saturated heterocycles. The summed E-state index contributed by atoms with van der Waals surface area (Å²) in [6, 6.07) is 14.0. The largest absolute Gasteiger partial charge is 0.457 e. The van der Waals surface area contributed by atoms with Crippen LogP contribution in [-0.2, 0) is 4.79 Å². The summed E-state index contributed by atoms with van der Waals surface area (Å²) in [7, 11) is 0. The Kier molecular flexibility index (Phi) is 6.21. The Morgan fingerprint density at radius 2 is 1.97 bits per heavy atom. The first-order valence-corrected chi connectivity index (χ1v) is 9.27. The molecule has 0 aliphatic carbocycles. The number of hydrogen-bond acceptors (Lipinski definition) is 5. The number of halogens is 2. The van der Waals surface area contributed by atoms with Crippen LogP contribution in [-0.4, -0.2) is 10.8 Å². The smallest absolute Gasteiger partial charge is 0.269 e. The van der Waals surface area contributed by atoms with Crippen LogP contribution in [0.2, 0.25) is 10.0 Å². The number of non-ortho nitro benzene ring substituents is 1. The van der Waals surface area contributed by atoms with E-state index in [1.165, 1.54) is 30.3 Å². The maximum atomic E-state index is 12.4. The van der Waals surface area contributed by atoms with E-state index in [2.05, 4.69) is 5.32 Å². The molecule has 3 aromatic rings. The zero-order valence-electron chi connectivity index (χ0n) is 15.5. The molecule has 0 saturated carbocycles. The molecule has 0 unspecified atom stereocenters. The second-order valence-electron chi connectivity index (χ2n) is 6.21. The minimum absolute atomic E-state index is 0.0222. The van der Waals surface area contributed by atoms with Crippen LogP contribution in [0.3, 0.4) is 0 Å². The summed E-state index contributed by atoms with van der Waals surface area (Å²) < 4.78 is 5.70. The van der Waals surface area contributed by atoms with Gasteiger partial charge in [-0.15, -0.1) is 0 Å². The van der Waals surface area contributed by atoms with Crippen molar-refractivity contribution in [1.82, 2.24) is 0 Å². The minimum Gasteiger partial charge on any atom is -0.457 e. The van der Waals surface area contributed by atoms with Crippen LogP contribution in [0.15, 0.2) is 58.5 Å². The minimum atomic E-state index is -0.675. The molecule has 3 rings (SSSR count). The van der Waals surface area contributed by atoms with E-state index in [9.17, 15) is 20.2 Å². The van der Waals surface area contributed by atoms with E-state index < -0.39 is 10.8 Å². The number of aryl methyl sites for hydroxylation is 1. The number of nitro benzene ring substituents is 1. The number of hydrogen-bond donors (Lipinski definition) is 1. The third kappa shape index (κ3) is 4.69. The molecule has 1 N–H and O–H groups in total. The van der Waals surface area contributed by atoms with E-state index in [0.29, 0.717) is 21.9 Å². The fraction of sp³-hybridized carbons (Fsp3) is 0.0476. The maximum Gasteiger partial charge on any atom is 0.269 e. The Morgan fingerprint density at radius 3 is 2.63 bits per heavy atom. The summed E-state index contributed by atoms with van der Waals surface area (Å²) >= 11 is 11.9. The number of nitrogens with zero attached hydrogens (tertiary/aromatic N) is 2. The van der Waals surface area contributed by atoms with E-state index in [0.717, 1.165) is 0 Å². The van der Waals surface area contributed by atoms with Gasteiger partial charge in [0, 0.05) is 28.8 Å². The van der Waals surface area contributed by atoms with E-state index in [-0.39, 0.29) is 27.7 Å². The van der Waals surface area contributed by atoms with Crippen molar-refractivity contribution in [2.75, 3.05) is 5.32 Å². The lowest BCUT2D eigenvalue weighted by molar-refractivity contribution is -0.384. The number of nitriles is 1. The van der Waals surface area contributed by atoms with Gasteiger partial charge in [0.25, 0.3) is 11.6 Å². The number of amides is 1. The fourth-order valence-corrected chi connectivity index (χ4v) is 3.02. The highest BCUT2D eigenvalue weighted by Crippen LogP contribution is 2.29. The number of rotatable bonds is 5. The molecule has 0 spiro atoms. The Hall–Kier alpha value is -3.60. The van der Waals surface area contributed by atoms with Crippen LogP contribution in [0.25, 0.3) is 17.4 Å². The lowest BCUT2D eigenvalue weighted by atomic mass is 10.1. The number of carbonyl (C=O) groups excluding carboxylic acids is 1. The van der Waals surface area contributed by atoms with Gasteiger partial charge in [-0.3, -0.25) is 14.9 Å². The molecule has 1 aromatic heterocycles. The zero-order valence-corrected chi connectivity index (χ0v) is 17.0. The molecule has 2 aromatic carbocycles. The highest BCUT2D eigenvalue weighted by atomic mass is 35.5. The molecular formula is C21H13Cl2N3O4. The van der Waals surface area contributed by atoms with Gasteiger partial charge in [0.1, 0.15) is 23.2 Å². The highest BCUT2D eigenvalue weighted by molar-refractivity contribution is 6.36. The molecular weight excluding hydrogens is 429 g/mol. The van der Waals surface area contributed by atoms with Crippen molar-refractivity contribution >= 4 is 46.6 Å². The number of furan rings is 1. The van der Waals surface area contributed by atoms with Crippen LogP contribution < -0.4 is 5.32 Å². The molecule has 30 heavy (non-hydrogen) atoms. The molecule has 9 heteroatoms. The molecule has 0 aliphatic rings. The van der Waals surface area contributed by atoms with Gasteiger partial charge >= 0.3 is 0 Å². The molecule has 0 aliphatic heterocycles. The van der Waals surface area contributed by atoms with Crippen molar-refractivity contribution < 1.29 is 14.1 Å².